The number of benzene rings is 2. The van der Waals surface area contributed by atoms with E-state index in [0.29, 0.717) is 23.2 Å². The molecule has 2 aromatic carbocycles. The van der Waals surface area contributed by atoms with E-state index >= 15 is 0 Å². The Morgan fingerprint density at radius 2 is 1.57 bits per heavy atom. The van der Waals surface area contributed by atoms with Crippen molar-refractivity contribution in [3.63, 3.8) is 0 Å². The minimum absolute atomic E-state index is 0.0397. The predicted octanol–water partition coefficient (Wildman–Crippen LogP) is 4.44. The van der Waals surface area contributed by atoms with Gasteiger partial charge in [-0.25, -0.2) is 0 Å². The maximum Gasteiger partial charge on any atom is 0.253 e. The third-order valence-electron chi connectivity index (χ3n) is 6.49. The van der Waals surface area contributed by atoms with E-state index in [2.05, 4.69) is 5.32 Å². The summed E-state index contributed by atoms with van der Waals surface area (Å²) in [5, 5.41) is 22.4. The number of carbonyl (C=O) groups is 2. The van der Waals surface area contributed by atoms with E-state index in [0.717, 1.165) is 22.4 Å². The molecule has 0 saturated heterocycles. The molecule has 2 aromatic rings. The summed E-state index contributed by atoms with van der Waals surface area (Å²) in [7, 11) is 5.33. The van der Waals surface area contributed by atoms with Crippen molar-refractivity contribution < 1.29 is 14.7 Å². The molecule has 0 radical (unpaired) electrons. The number of nitrogens with one attached hydrogen (secondary N) is 2. The number of rotatable bonds is 5. The highest BCUT2D eigenvalue weighted by atomic mass is 16.3. The van der Waals surface area contributed by atoms with Gasteiger partial charge in [0.1, 0.15) is 11.6 Å². The molecule has 0 fully saturated rings. The van der Waals surface area contributed by atoms with Crippen LogP contribution in [0.5, 0.6) is 5.75 Å². The van der Waals surface area contributed by atoms with Crippen LogP contribution in [-0.2, 0) is 17.4 Å². The summed E-state index contributed by atoms with van der Waals surface area (Å²) in [6.45, 7) is 12.6. The molecule has 7 nitrogen and oxygen atoms in total. The van der Waals surface area contributed by atoms with Gasteiger partial charge in [0.2, 0.25) is 0 Å². The standard InChI is InChI=1S/C28H38N4O3/c1-27(2,3)20-10-16(11-21(24(20)34)28(4,5)6)23(33)15-32-14-17-12-22(31(8)9)19(26(35)30-7)13-18(17)25(32)29/h10-13,29,34H,14-15H2,1-9H3,(H,30,35). The van der Waals surface area contributed by atoms with Crippen LogP contribution in [0.15, 0.2) is 24.3 Å². The molecular formula is C28H38N4O3. The number of aromatic hydroxyl groups is 1. The lowest BCUT2D eigenvalue weighted by Crippen LogP contribution is -2.31. The maximum absolute atomic E-state index is 13.5. The fraction of sp³-hybridized carbons (Fsp3) is 0.464. The Bertz CT molecular complexity index is 1160. The topological polar surface area (TPSA) is 96.7 Å². The molecule has 35 heavy (non-hydrogen) atoms. The number of hydrogen-bond donors (Lipinski definition) is 3. The molecule has 3 N–H and O–H groups in total. The lowest BCUT2D eigenvalue weighted by Gasteiger charge is -2.28. The molecule has 1 aliphatic rings. The minimum atomic E-state index is -0.338. The first-order valence-electron chi connectivity index (χ1n) is 11.9. The molecule has 0 atom stereocenters. The van der Waals surface area contributed by atoms with Crippen LogP contribution in [0.4, 0.5) is 5.69 Å². The lowest BCUT2D eigenvalue weighted by atomic mass is 9.78. The molecule has 1 heterocycles. The van der Waals surface area contributed by atoms with Gasteiger partial charge in [0.25, 0.3) is 5.91 Å². The molecule has 7 heteroatoms. The predicted molar refractivity (Wildman–Crippen MR) is 141 cm³/mol. The first-order chi connectivity index (χ1) is 16.1. The van der Waals surface area contributed by atoms with Gasteiger partial charge in [-0.2, -0.15) is 0 Å². The van der Waals surface area contributed by atoms with Gasteiger partial charge in [-0.05, 0) is 40.7 Å². The highest BCUT2D eigenvalue weighted by molar-refractivity contribution is 6.08. The number of phenols is 1. The Kier molecular flexibility index (Phi) is 6.77. The van der Waals surface area contributed by atoms with Gasteiger partial charge < -0.3 is 20.2 Å². The molecular weight excluding hydrogens is 440 g/mol. The summed E-state index contributed by atoms with van der Waals surface area (Å²) in [6, 6.07) is 7.24. The van der Waals surface area contributed by atoms with E-state index in [1.54, 1.807) is 30.1 Å². The third kappa shape index (κ3) is 5.04. The number of amidine groups is 1. The van der Waals surface area contributed by atoms with E-state index in [1.807, 2.05) is 66.6 Å². The fourth-order valence-corrected chi connectivity index (χ4v) is 4.46. The number of fused-ring (bicyclic) bond motifs is 1. The number of phenolic OH excluding ortho intramolecular Hbond substituents is 1. The van der Waals surface area contributed by atoms with Gasteiger partial charge in [-0.3, -0.25) is 15.0 Å². The van der Waals surface area contributed by atoms with Crippen molar-refractivity contribution in [1.29, 1.82) is 5.41 Å². The summed E-state index contributed by atoms with van der Waals surface area (Å²) < 4.78 is 0. The van der Waals surface area contributed by atoms with Gasteiger partial charge in [0, 0.05) is 55.6 Å². The molecule has 0 bridgehead atoms. The second-order valence-corrected chi connectivity index (χ2v) is 11.5. The van der Waals surface area contributed by atoms with E-state index in [4.69, 9.17) is 5.41 Å². The highest BCUT2D eigenvalue weighted by Gasteiger charge is 2.31. The molecule has 1 amide bonds. The van der Waals surface area contributed by atoms with Crippen molar-refractivity contribution in [2.45, 2.75) is 58.9 Å². The average Bonchev–Trinajstić information content (AvgIpc) is 3.05. The SMILES string of the molecule is CNC(=O)c1cc2c(cc1N(C)C)CN(CC(=O)c1cc(C(C)(C)C)c(O)c(C(C)(C)C)c1)C2=N. The van der Waals surface area contributed by atoms with Gasteiger partial charge in [0.05, 0.1) is 12.1 Å². The van der Waals surface area contributed by atoms with Crippen LogP contribution in [0.3, 0.4) is 0 Å². The van der Waals surface area contributed by atoms with E-state index < -0.39 is 0 Å². The fourth-order valence-electron chi connectivity index (χ4n) is 4.46. The number of carbonyl (C=O) groups excluding carboxylic acids is 2. The maximum atomic E-state index is 13.5. The first-order valence-corrected chi connectivity index (χ1v) is 11.9. The summed E-state index contributed by atoms with van der Waals surface area (Å²) in [5.41, 5.74) is 4.17. The Morgan fingerprint density at radius 1 is 1.03 bits per heavy atom. The van der Waals surface area contributed by atoms with Gasteiger partial charge >= 0.3 is 0 Å². The number of anilines is 1. The van der Waals surface area contributed by atoms with Crippen molar-refractivity contribution in [1.82, 2.24) is 10.2 Å². The third-order valence-corrected chi connectivity index (χ3v) is 6.49. The minimum Gasteiger partial charge on any atom is -0.507 e. The Morgan fingerprint density at radius 3 is 2.03 bits per heavy atom. The van der Waals surface area contributed by atoms with Crippen LogP contribution in [0, 0.1) is 5.41 Å². The number of nitrogens with zero attached hydrogens (tertiary/aromatic N) is 2. The number of amides is 1. The smallest absolute Gasteiger partial charge is 0.253 e. The second kappa shape index (κ2) is 9.02. The van der Waals surface area contributed by atoms with Crippen molar-refractivity contribution in [3.8, 4) is 5.75 Å². The van der Waals surface area contributed by atoms with Crippen molar-refractivity contribution in [2.75, 3.05) is 32.6 Å². The Hall–Kier alpha value is -3.35. The van der Waals surface area contributed by atoms with E-state index in [1.165, 1.54) is 0 Å². The van der Waals surface area contributed by atoms with Crippen LogP contribution >= 0.6 is 0 Å². The van der Waals surface area contributed by atoms with Gasteiger partial charge in [0.15, 0.2) is 5.78 Å². The van der Waals surface area contributed by atoms with Crippen LogP contribution in [-0.4, -0.2) is 55.2 Å². The van der Waals surface area contributed by atoms with Gasteiger partial charge in [-0.1, -0.05) is 41.5 Å². The number of Topliss-reactive ketones (excluding diaryl/α,β-unsaturated/α-hetero) is 1. The first kappa shape index (κ1) is 26.3. The zero-order valence-corrected chi connectivity index (χ0v) is 22.4. The molecule has 188 valence electrons. The van der Waals surface area contributed by atoms with Crippen molar-refractivity contribution in [3.05, 3.63) is 57.6 Å². The van der Waals surface area contributed by atoms with Crippen molar-refractivity contribution >= 4 is 23.2 Å². The zero-order valence-electron chi connectivity index (χ0n) is 22.4. The molecule has 3 rings (SSSR count). The van der Waals surface area contributed by atoms with Crippen LogP contribution in [0.1, 0.15) is 84.5 Å². The lowest BCUT2D eigenvalue weighted by molar-refractivity contribution is 0.0955. The zero-order chi connectivity index (χ0) is 26.5. The summed E-state index contributed by atoms with van der Waals surface area (Å²) in [4.78, 5) is 29.5. The largest absolute Gasteiger partial charge is 0.507 e. The molecule has 0 unspecified atom stereocenters. The Balaban J connectivity index is 1.97. The Labute approximate surface area is 208 Å². The van der Waals surface area contributed by atoms with Crippen LogP contribution in [0.2, 0.25) is 0 Å². The molecule has 1 aliphatic heterocycles. The second-order valence-electron chi connectivity index (χ2n) is 11.5. The summed E-state index contributed by atoms with van der Waals surface area (Å²) in [5.74, 6) is 0.140. The van der Waals surface area contributed by atoms with Crippen molar-refractivity contribution in [2.24, 2.45) is 0 Å². The molecule has 0 aliphatic carbocycles. The van der Waals surface area contributed by atoms with Crippen LogP contribution < -0.4 is 10.2 Å². The van der Waals surface area contributed by atoms with E-state index in [9.17, 15) is 14.7 Å². The van der Waals surface area contributed by atoms with E-state index in [-0.39, 0.29) is 40.7 Å². The average molecular weight is 479 g/mol. The summed E-state index contributed by atoms with van der Waals surface area (Å²) in [6.07, 6.45) is 0. The van der Waals surface area contributed by atoms with Crippen LogP contribution in [0.25, 0.3) is 0 Å². The molecule has 0 aromatic heterocycles. The number of hydrogen-bond acceptors (Lipinski definition) is 5. The quantitative estimate of drug-likeness (QED) is 0.552. The van der Waals surface area contributed by atoms with Gasteiger partial charge in [-0.15, -0.1) is 0 Å². The molecule has 0 saturated carbocycles. The normalized spacial score (nSPS) is 13.6. The highest BCUT2D eigenvalue weighted by Crippen LogP contribution is 2.40. The summed E-state index contributed by atoms with van der Waals surface area (Å²) >= 11 is 0. The monoisotopic (exact) mass is 478 g/mol. The number of ketones is 1. The molecule has 0 spiro atoms.